The third kappa shape index (κ3) is 6.05. The Morgan fingerprint density at radius 2 is 2.10 bits per heavy atom. The highest BCUT2D eigenvalue weighted by molar-refractivity contribution is 6.30. The minimum atomic E-state index is -0.591. The number of benzene rings is 2. The molecule has 3 rings (SSSR count). The molecule has 0 aromatic heterocycles. The Morgan fingerprint density at radius 3 is 2.83 bits per heavy atom. The molecule has 0 radical (unpaired) electrons. The van der Waals surface area contributed by atoms with Gasteiger partial charge in [-0.1, -0.05) is 36.7 Å². The Labute approximate surface area is 178 Å². The van der Waals surface area contributed by atoms with Crippen LogP contribution >= 0.6 is 11.6 Å². The summed E-state index contributed by atoms with van der Waals surface area (Å²) in [5.74, 6) is 0.808. The van der Waals surface area contributed by atoms with Crippen molar-refractivity contribution in [1.82, 2.24) is 5.32 Å². The van der Waals surface area contributed by atoms with Crippen LogP contribution in [0.5, 0.6) is 5.75 Å². The van der Waals surface area contributed by atoms with Gasteiger partial charge in [-0.25, -0.2) is 0 Å². The zero-order valence-corrected chi connectivity index (χ0v) is 17.9. The quantitative estimate of drug-likeness (QED) is 0.616. The highest BCUT2D eigenvalue weighted by Crippen LogP contribution is 2.26. The van der Waals surface area contributed by atoms with E-state index in [2.05, 4.69) is 17.4 Å². The first-order valence-electron chi connectivity index (χ1n) is 10.4. The van der Waals surface area contributed by atoms with Gasteiger partial charge in [0.1, 0.15) is 5.75 Å². The average molecular weight is 416 g/mol. The predicted molar refractivity (Wildman–Crippen MR) is 117 cm³/mol. The minimum Gasteiger partial charge on any atom is -0.483 e. The second-order valence-corrected chi connectivity index (χ2v) is 8.26. The Bertz CT molecular complexity index is 839. The Hall–Kier alpha value is -1.88. The molecule has 0 saturated carbocycles. The number of carbonyl (C=O) groups excluding carboxylic acids is 1. The standard InChI is InChI=1S/C24H30ClNO3/c1-3-24(16(2)27)29-22-11-10-17-6-5-9-21(13-19(17)14-22)26-15-23(28)18-7-4-8-20(25)12-18/h4,7-8,10-12,14,21,23-24,26,28H,3,5-6,9,13,15H2,1-2H3/t21-,23-,24?/m0/s1. The molecule has 0 bridgehead atoms. The molecule has 2 aromatic rings. The van der Waals surface area contributed by atoms with E-state index < -0.39 is 6.10 Å². The highest BCUT2D eigenvalue weighted by Gasteiger charge is 2.20. The maximum absolute atomic E-state index is 11.7. The summed E-state index contributed by atoms with van der Waals surface area (Å²) in [5, 5.41) is 14.6. The minimum absolute atomic E-state index is 0.0528. The summed E-state index contributed by atoms with van der Waals surface area (Å²) in [5.41, 5.74) is 3.42. The molecule has 0 spiro atoms. The van der Waals surface area contributed by atoms with Crippen LogP contribution in [0.4, 0.5) is 0 Å². The number of fused-ring (bicyclic) bond motifs is 1. The van der Waals surface area contributed by atoms with Gasteiger partial charge in [0.15, 0.2) is 11.9 Å². The van der Waals surface area contributed by atoms with Crippen molar-refractivity contribution in [3.8, 4) is 5.75 Å². The molecule has 0 amide bonds. The van der Waals surface area contributed by atoms with Gasteiger partial charge in [0.05, 0.1) is 6.10 Å². The molecule has 0 saturated heterocycles. The van der Waals surface area contributed by atoms with Crippen molar-refractivity contribution in [3.63, 3.8) is 0 Å². The number of halogens is 1. The molecule has 1 aliphatic carbocycles. The number of carbonyl (C=O) groups is 1. The van der Waals surface area contributed by atoms with Gasteiger partial charge in [0, 0.05) is 17.6 Å². The summed E-state index contributed by atoms with van der Waals surface area (Å²) < 4.78 is 5.91. The molecule has 0 heterocycles. The van der Waals surface area contributed by atoms with E-state index in [1.807, 2.05) is 31.2 Å². The fraction of sp³-hybridized carbons (Fsp3) is 0.458. The normalized spacial score (nSPS) is 18.4. The van der Waals surface area contributed by atoms with Crippen LogP contribution in [0.2, 0.25) is 5.02 Å². The number of aliphatic hydroxyl groups excluding tert-OH is 1. The maximum Gasteiger partial charge on any atom is 0.170 e. The Balaban J connectivity index is 1.64. The van der Waals surface area contributed by atoms with Gasteiger partial charge in [-0.3, -0.25) is 4.79 Å². The van der Waals surface area contributed by atoms with Crippen molar-refractivity contribution < 1.29 is 14.6 Å². The van der Waals surface area contributed by atoms with Gasteiger partial charge >= 0.3 is 0 Å². The number of nitrogens with one attached hydrogen (secondary N) is 1. The molecular weight excluding hydrogens is 386 g/mol. The molecule has 4 nitrogen and oxygen atoms in total. The summed E-state index contributed by atoms with van der Waals surface area (Å²) in [6.07, 6.45) is 3.76. The molecule has 0 aliphatic heterocycles. The van der Waals surface area contributed by atoms with Crippen molar-refractivity contribution in [2.45, 2.75) is 64.2 Å². The zero-order chi connectivity index (χ0) is 20.8. The average Bonchev–Trinajstić information content (AvgIpc) is 2.91. The van der Waals surface area contributed by atoms with Crippen molar-refractivity contribution in [2.75, 3.05) is 6.54 Å². The summed E-state index contributed by atoms with van der Waals surface area (Å²) in [6, 6.07) is 13.8. The van der Waals surface area contributed by atoms with Gasteiger partial charge < -0.3 is 15.2 Å². The number of Topliss-reactive ketones (excluding diaryl/α,β-unsaturated/α-hetero) is 1. The van der Waals surface area contributed by atoms with Crippen molar-refractivity contribution in [2.24, 2.45) is 0 Å². The molecular formula is C24H30ClNO3. The number of ketones is 1. The van der Waals surface area contributed by atoms with Crippen molar-refractivity contribution in [1.29, 1.82) is 0 Å². The van der Waals surface area contributed by atoms with E-state index in [-0.39, 0.29) is 17.9 Å². The fourth-order valence-corrected chi connectivity index (χ4v) is 4.12. The van der Waals surface area contributed by atoms with E-state index in [9.17, 15) is 9.90 Å². The third-order valence-electron chi connectivity index (χ3n) is 5.58. The van der Waals surface area contributed by atoms with Crippen LogP contribution in [0.3, 0.4) is 0 Å². The number of aryl methyl sites for hydroxylation is 1. The first kappa shape index (κ1) is 21.8. The van der Waals surface area contributed by atoms with Gasteiger partial charge in [-0.15, -0.1) is 0 Å². The first-order valence-corrected chi connectivity index (χ1v) is 10.8. The lowest BCUT2D eigenvalue weighted by Gasteiger charge is -2.21. The molecule has 156 valence electrons. The number of hydrogen-bond donors (Lipinski definition) is 2. The molecule has 1 unspecified atom stereocenters. The maximum atomic E-state index is 11.7. The lowest BCUT2D eigenvalue weighted by molar-refractivity contribution is -0.123. The molecule has 3 atom stereocenters. The monoisotopic (exact) mass is 415 g/mol. The van der Waals surface area contributed by atoms with E-state index in [4.69, 9.17) is 16.3 Å². The van der Waals surface area contributed by atoms with Crippen LogP contribution in [0.25, 0.3) is 0 Å². The molecule has 2 N–H and O–H groups in total. The van der Waals surface area contributed by atoms with Crippen LogP contribution in [0, 0.1) is 0 Å². The van der Waals surface area contributed by atoms with Crippen LogP contribution in [0.15, 0.2) is 42.5 Å². The number of rotatable bonds is 8. The molecule has 2 aromatic carbocycles. The lowest BCUT2D eigenvalue weighted by Crippen LogP contribution is -2.34. The number of aliphatic hydroxyl groups is 1. The number of hydrogen-bond acceptors (Lipinski definition) is 4. The predicted octanol–water partition coefficient (Wildman–Crippen LogP) is 4.66. The van der Waals surface area contributed by atoms with Crippen LogP contribution in [0.1, 0.15) is 55.9 Å². The fourth-order valence-electron chi connectivity index (χ4n) is 3.92. The zero-order valence-electron chi connectivity index (χ0n) is 17.2. The second-order valence-electron chi connectivity index (χ2n) is 7.83. The highest BCUT2D eigenvalue weighted by atomic mass is 35.5. The van der Waals surface area contributed by atoms with Crippen LogP contribution in [-0.4, -0.2) is 29.6 Å². The summed E-state index contributed by atoms with van der Waals surface area (Å²) in [7, 11) is 0. The van der Waals surface area contributed by atoms with Gasteiger partial charge in [-0.2, -0.15) is 0 Å². The summed E-state index contributed by atoms with van der Waals surface area (Å²) in [4.78, 5) is 11.7. The first-order chi connectivity index (χ1) is 14.0. The molecule has 0 fully saturated rings. The third-order valence-corrected chi connectivity index (χ3v) is 5.81. The lowest BCUT2D eigenvalue weighted by atomic mass is 10.0. The summed E-state index contributed by atoms with van der Waals surface area (Å²) in [6.45, 7) is 4.02. The van der Waals surface area contributed by atoms with E-state index in [1.165, 1.54) is 11.1 Å². The SMILES string of the molecule is CCC(Oc1ccc2c(c1)C[C@@H](NC[C@H](O)c1cccc(Cl)c1)CCC2)C(C)=O. The molecule has 29 heavy (non-hydrogen) atoms. The molecule has 1 aliphatic rings. The van der Waals surface area contributed by atoms with E-state index in [1.54, 1.807) is 13.0 Å². The Kier molecular flexibility index (Phi) is 7.70. The van der Waals surface area contributed by atoms with Gasteiger partial charge in [0.2, 0.25) is 0 Å². The van der Waals surface area contributed by atoms with E-state index in [0.717, 1.165) is 37.0 Å². The summed E-state index contributed by atoms with van der Waals surface area (Å²) >= 11 is 6.03. The van der Waals surface area contributed by atoms with Gasteiger partial charge in [0.25, 0.3) is 0 Å². The topological polar surface area (TPSA) is 58.6 Å². The van der Waals surface area contributed by atoms with E-state index in [0.29, 0.717) is 18.0 Å². The van der Waals surface area contributed by atoms with E-state index >= 15 is 0 Å². The van der Waals surface area contributed by atoms with Crippen LogP contribution in [-0.2, 0) is 17.6 Å². The number of ether oxygens (including phenoxy) is 1. The Morgan fingerprint density at radius 1 is 1.28 bits per heavy atom. The molecule has 5 heteroatoms. The largest absolute Gasteiger partial charge is 0.483 e. The van der Waals surface area contributed by atoms with Crippen LogP contribution < -0.4 is 10.1 Å². The van der Waals surface area contributed by atoms with Crippen molar-refractivity contribution in [3.05, 3.63) is 64.2 Å². The second kappa shape index (κ2) is 10.2. The van der Waals surface area contributed by atoms with Crippen molar-refractivity contribution >= 4 is 17.4 Å². The smallest absolute Gasteiger partial charge is 0.170 e. The van der Waals surface area contributed by atoms with Gasteiger partial charge in [-0.05, 0) is 80.0 Å².